The highest BCUT2D eigenvalue weighted by molar-refractivity contribution is 5.94. The standard InChI is InChI=1S/C19H21N3O2/c23-18-16(8-9-17(21-18)13-4-2-1-3-5-13)19(24)22-11-10-14-6-7-15(12-22)20-14/h1-5,8-9,14-15,20H,6-7,10-12H2,(H,21,23). The highest BCUT2D eigenvalue weighted by atomic mass is 16.2. The summed E-state index contributed by atoms with van der Waals surface area (Å²) in [6.45, 7) is 1.40. The second kappa shape index (κ2) is 6.24. The Kier molecular flexibility index (Phi) is 3.94. The third kappa shape index (κ3) is 2.87. The molecule has 2 aromatic rings. The molecular weight excluding hydrogens is 302 g/mol. The van der Waals surface area contributed by atoms with E-state index in [0.717, 1.165) is 24.1 Å². The number of aromatic nitrogens is 1. The zero-order valence-corrected chi connectivity index (χ0v) is 13.5. The Hall–Kier alpha value is -2.40. The largest absolute Gasteiger partial charge is 0.337 e. The van der Waals surface area contributed by atoms with E-state index in [4.69, 9.17) is 0 Å². The Morgan fingerprint density at radius 2 is 1.79 bits per heavy atom. The van der Waals surface area contributed by atoms with Crippen LogP contribution in [0.4, 0.5) is 0 Å². The average molecular weight is 323 g/mol. The number of benzene rings is 1. The minimum absolute atomic E-state index is 0.162. The van der Waals surface area contributed by atoms with Gasteiger partial charge in [-0.15, -0.1) is 0 Å². The van der Waals surface area contributed by atoms with Gasteiger partial charge in [0, 0.05) is 30.9 Å². The van der Waals surface area contributed by atoms with Gasteiger partial charge < -0.3 is 15.2 Å². The van der Waals surface area contributed by atoms with Crippen LogP contribution in [-0.4, -0.2) is 41.0 Å². The maximum Gasteiger partial charge on any atom is 0.261 e. The highest BCUT2D eigenvalue weighted by Crippen LogP contribution is 2.21. The fraction of sp³-hybridized carbons (Fsp3) is 0.368. The quantitative estimate of drug-likeness (QED) is 0.888. The van der Waals surface area contributed by atoms with Gasteiger partial charge in [-0.05, 0) is 37.0 Å². The first-order valence-electron chi connectivity index (χ1n) is 8.55. The number of rotatable bonds is 2. The minimum atomic E-state index is -0.316. The number of pyridine rings is 1. The Morgan fingerprint density at radius 1 is 1.00 bits per heavy atom. The number of nitrogens with one attached hydrogen (secondary N) is 2. The van der Waals surface area contributed by atoms with Gasteiger partial charge in [-0.2, -0.15) is 0 Å². The van der Waals surface area contributed by atoms with Crippen LogP contribution in [0.15, 0.2) is 47.3 Å². The number of carbonyl (C=O) groups excluding carboxylic acids is 1. The van der Waals surface area contributed by atoms with Gasteiger partial charge in [0.1, 0.15) is 5.56 Å². The van der Waals surface area contributed by atoms with Gasteiger partial charge in [0.15, 0.2) is 0 Å². The van der Waals surface area contributed by atoms with Crippen molar-refractivity contribution in [2.75, 3.05) is 13.1 Å². The first-order valence-corrected chi connectivity index (χ1v) is 8.55. The summed E-state index contributed by atoms with van der Waals surface area (Å²) in [5, 5.41) is 3.55. The molecule has 2 bridgehead atoms. The van der Waals surface area contributed by atoms with Gasteiger partial charge in [-0.3, -0.25) is 9.59 Å². The van der Waals surface area contributed by atoms with E-state index in [9.17, 15) is 9.59 Å². The molecule has 5 heteroatoms. The molecule has 0 aliphatic carbocycles. The molecule has 0 spiro atoms. The van der Waals surface area contributed by atoms with Crippen LogP contribution < -0.4 is 10.9 Å². The summed E-state index contributed by atoms with van der Waals surface area (Å²) in [4.78, 5) is 29.9. The Labute approximate surface area is 140 Å². The zero-order valence-electron chi connectivity index (χ0n) is 13.5. The van der Waals surface area contributed by atoms with Crippen molar-refractivity contribution in [3.05, 3.63) is 58.4 Å². The lowest BCUT2D eigenvalue weighted by atomic mass is 10.1. The Morgan fingerprint density at radius 3 is 2.58 bits per heavy atom. The van der Waals surface area contributed by atoms with Crippen molar-refractivity contribution in [3.8, 4) is 11.3 Å². The Balaban J connectivity index is 1.58. The molecular formula is C19H21N3O2. The van der Waals surface area contributed by atoms with Crippen molar-refractivity contribution in [3.63, 3.8) is 0 Å². The number of hydrogen-bond acceptors (Lipinski definition) is 3. The van der Waals surface area contributed by atoms with E-state index in [2.05, 4.69) is 10.3 Å². The van der Waals surface area contributed by atoms with Gasteiger partial charge in [0.05, 0.1) is 0 Å². The summed E-state index contributed by atoms with van der Waals surface area (Å²) in [5.74, 6) is -0.162. The number of amides is 1. The number of carbonyl (C=O) groups is 1. The second-order valence-electron chi connectivity index (χ2n) is 6.66. The van der Waals surface area contributed by atoms with Crippen LogP contribution in [0.25, 0.3) is 11.3 Å². The van der Waals surface area contributed by atoms with Gasteiger partial charge in [0.2, 0.25) is 0 Å². The van der Waals surface area contributed by atoms with E-state index in [1.165, 1.54) is 6.42 Å². The summed E-state index contributed by atoms with van der Waals surface area (Å²) in [6, 6.07) is 14.0. The molecule has 1 aromatic heterocycles. The van der Waals surface area contributed by atoms with E-state index in [1.54, 1.807) is 6.07 Å². The van der Waals surface area contributed by atoms with E-state index in [-0.39, 0.29) is 17.0 Å². The number of aromatic amines is 1. The molecule has 2 N–H and O–H groups in total. The fourth-order valence-corrected chi connectivity index (χ4v) is 3.73. The summed E-state index contributed by atoms with van der Waals surface area (Å²) in [7, 11) is 0. The molecule has 124 valence electrons. The molecule has 3 heterocycles. The highest BCUT2D eigenvalue weighted by Gasteiger charge is 2.32. The molecule has 4 rings (SSSR count). The molecule has 1 amide bonds. The summed E-state index contributed by atoms with van der Waals surface area (Å²) in [5.41, 5.74) is 1.58. The van der Waals surface area contributed by atoms with Crippen molar-refractivity contribution >= 4 is 5.91 Å². The number of fused-ring (bicyclic) bond motifs is 2. The fourth-order valence-electron chi connectivity index (χ4n) is 3.73. The number of H-pyrrole nitrogens is 1. The lowest BCUT2D eigenvalue weighted by Gasteiger charge is -2.24. The van der Waals surface area contributed by atoms with Crippen LogP contribution >= 0.6 is 0 Å². The van der Waals surface area contributed by atoms with E-state index >= 15 is 0 Å². The predicted octanol–water partition coefficient (Wildman–Crippen LogP) is 2.01. The molecule has 2 atom stereocenters. The molecule has 2 unspecified atom stereocenters. The molecule has 2 saturated heterocycles. The minimum Gasteiger partial charge on any atom is -0.337 e. The molecule has 2 aliphatic heterocycles. The van der Waals surface area contributed by atoms with Crippen molar-refractivity contribution < 1.29 is 4.79 Å². The van der Waals surface area contributed by atoms with E-state index in [1.807, 2.05) is 41.3 Å². The maximum absolute atomic E-state index is 12.8. The predicted molar refractivity (Wildman–Crippen MR) is 93.0 cm³/mol. The molecule has 0 saturated carbocycles. The summed E-state index contributed by atoms with van der Waals surface area (Å²) >= 11 is 0. The topological polar surface area (TPSA) is 65.2 Å². The number of nitrogens with zero attached hydrogens (tertiary/aromatic N) is 1. The molecule has 0 radical (unpaired) electrons. The monoisotopic (exact) mass is 323 g/mol. The van der Waals surface area contributed by atoms with Gasteiger partial charge in [0.25, 0.3) is 11.5 Å². The van der Waals surface area contributed by atoms with Crippen molar-refractivity contribution in [1.82, 2.24) is 15.2 Å². The summed E-state index contributed by atoms with van der Waals surface area (Å²) in [6.07, 6.45) is 3.26. The first-order chi connectivity index (χ1) is 11.7. The van der Waals surface area contributed by atoms with Gasteiger partial charge >= 0.3 is 0 Å². The molecule has 2 aliphatic rings. The number of hydrogen-bond donors (Lipinski definition) is 2. The van der Waals surface area contributed by atoms with Crippen LogP contribution in [-0.2, 0) is 0 Å². The van der Waals surface area contributed by atoms with Crippen molar-refractivity contribution in [2.24, 2.45) is 0 Å². The van der Waals surface area contributed by atoms with Crippen LogP contribution in [0.5, 0.6) is 0 Å². The summed E-state index contributed by atoms with van der Waals surface area (Å²) < 4.78 is 0. The molecule has 1 aromatic carbocycles. The molecule has 2 fully saturated rings. The third-order valence-corrected chi connectivity index (χ3v) is 5.04. The van der Waals surface area contributed by atoms with Crippen LogP contribution in [0, 0.1) is 0 Å². The van der Waals surface area contributed by atoms with Crippen LogP contribution in [0.1, 0.15) is 29.6 Å². The average Bonchev–Trinajstić information content (AvgIpc) is 2.94. The molecule has 24 heavy (non-hydrogen) atoms. The zero-order chi connectivity index (χ0) is 16.5. The third-order valence-electron chi connectivity index (χ3n) is 5.04. The van der Waals surface area contributed by atoms with Gasteiger partial charge in [-0.1, -0.05) is 30.3 Å². The van der Waals surface area contributed by atoms with Crippen molar-refractivity contribution in [2.45, 2.75) is 31.3 Å². The van der Waals surface area contributed by atoms with Crippen LogP contribution in [0.3, 0.4) is 0 Å². The first kappa shape index (κ1) is 15.1. The normalized spacial score (nSPS) is 23.1. The van der Waals surface area contributed by atoms with E-state index in [0.29, 0.717) is 25.2 Å². The second-order valence-corrected chi connectivity index (χ2v) is 6.66. The van der Waals surface area contributed by atoms with Crippen molar-refractivity contribution in [1.29, 1.82) is 0 Å². The Bertz CT molecular complexity index is 800. The maximum atomic E-state index is 12.8. The van der Waals surface area contributed by atoms with Crippen LogP contribution in [0.2, 0.25) is 0 Å². The van der Waals surface area contributed by atoms with Gasteiger partial charge in [-0.25, -0.2) is 0 Å². The SMILES string of the molecule is O=C(c1ccc(-c2ccccc2)[nH]c1=O)N1CCC2CCC(C1)N2. The lowest BCUT2D eigenvalue weighted by Crippen LogP contribution is -2.40. The smallest absolute Gasteiger partial charge is 0.261 e. The lowest BCUT2D eigenvalue weighted by molar-refractivity contribution is 0.0746. The number of likely N-dealkylation sites (tertiary alicyclic amines) is 1. The van der Waals surface area contributed by atoms with E-state index < -0.39 is 0 Å². The molecule has 5 nitrogen and oxygen atoms in total.